The average molecular weight is 933 g/mol. The van der Waals surface area contributed by atoms with Crippen molar-refractivity contribution in [2.75, 3.05) is 0 Å². The van der Waals surface area contributed by atoms with E-state index < -0.39 is 0 Å². The predicted molar refractivity (Wildman–Crippen MR) is 304 cm³/mol. The van der Waals surface area contributed by atoms with Gasteiger partial charge in [-0.15, -0.1) is 0 Å². The highest BCUT2D eigenvalue weighted by molar-refractivity contribution is 6.16. The summed E-state index contributed by atoms with van der Waals surface area (Å²) in [5.41, 5.74) is 22.6. The fraction of sp³-hybridized carbons (Fsp3) is 0.0435. The van der Waals surface area contributed by atoms with Crippen LogP contribution in [0.4, 0.5) is 0 Å². The molecular formula is C69H44N2O2. The minimum Gasteiger partial charge on any atom is -0.455 e. The lowest BCUT2D eigenvalue weighted by atomic mass is 9.82. The van der Waals surface area contributed by atoms with Gasteiger partial charge in [0.15, 0.2) is 0 Å². The average Bonchev–Trinajstić information content (AvgIpc) is 4.26. The number of rotatable bonds is 5. The van der Waals surface area contributed by atoms with E-state index in [9.17, 15) is 0 Å². The third kappa shape index (κ3) is 5.72. The van der Waals surface area contributed by atoms with E-state index in [1.165, 1.54) is 66.0 Å². The molecular weight excluding hydrogens is 889 g/mol. The largest absolute Gasteiger partial charge is 0.455 e. The first kappa shape index (κ1) is 40.4. The predicted octanol–water partition coefficient (Wildman–Crippen LogP) is 19.0. The summed E-state index contributed by atoms with van der Waals surface area (Å²) in [5.74, 6) is 0. The molecule has 0 fully saturated rings. The molecule has 4 heteroatoms. The molecule has 4 heterocycles. The lowest BCUT2D eigenvalue weighted by Gasteiger charge is -2.21. The zero-order chi connectivity index (χ0) is 48.1. The van der Waals surface area contributed by atoms with E-state index in [1.54, 1.807) is 0 Å². The highest BCUT2D eigenvalue weighted by Gasteiger charge is 2.36. The molecule has 0 atom stereocenters. The van der Waals surface area contributed by atoms with Crippen molar-refractivity contribution < 1.29 is 8.83 Å². The second-order valence-corrected chi connectivity index (χ2v) is 20.4. The lowest BCUT2D eigenvalue weighted by Crippen LogP contribution is -2.14. The Kier molecular flexibility index (Phi) is 8.20. The molecule has 4 aromatic heterocycles. The van der Waals surface area contributed by atoms with Gasteiger partial charge >= 0.3 is 0 Å². The summed E-state index contributed by atoms with van der Waals surface area (Å²) in [6, 6.07) is 84.2. The summed E-state index contributed by atoms with van der Waals surface area (Å²) in [5, 5.41) is 9.38. The fourth-order valence-electron chi connectivity index (χ4n) is 12.6. The topological polar surface area (TPSA) is 36.1 Å². The molecule has 0 spiro atoms. The van der Waals surface area contributed by atoms with E-state index in [-0.39, 0.29) is 5.41 Å². The van der Waals surface area contributed by atoms with Crippen molar-refractivity contribution in [3.63, 3.8) is 0 Å². The lowest BCUT2D eigenvalue weighted by molar-refractivity contribution is 0.661. The van der Waals surface area contributed by atoms with Crippen molar-refractivity contribution in [1.82, 2.24) is 9.13 Å². The van der Waals surface area contributed by atoms with Crippen LogP contribution in [-0.2, 0) is 5.41 Å². The van der Waals surface area contributed by atoms with Gasteiger partial charge in [0.25, 0.3) is 0 Å². The fourth-order valence-corrected chi connectivity index (χ4v) is 12.6. The van der Waals surface area contributed by atoms with Crippen LogP contribution in [-0.4, -0.2) is 9.13 Å². The number of furan rings is 2. The van der Waals surface area contributed by atoms with Crippen molar-refractivity contribution in [2.45, 2.75) is 19.3 Å². The van der Waals surface area contributed by atoms with Crippen molar-refractivity contribution in [2.24, 2.45) is 0 Å². The third-order valence-corrected chi connectivity index (χ3v) is 16.1. The molecule has 15 aromatic rings. The minimum atomic E-state index is -0.109. The summed E-state index contributed by atoms with van der Waals surface area (Å²) < 4.78 is 18.0. The molecule has 16 rings (SSSR count). The molecule has 1 aliphatic carbocycles. The van der Waals surface area contributed by atoms with Gasteiger partial charge in [-0.2, -0.15) is 0 Å². The number of benzene rings is 11. The van der Waals surface area contributed by atoms with Crippen LogP contribution in [0.1, 0.15) is 25.0 Å². The number of fused-ring (bicyclic) bond motifs is 15. The molecule has 0 bridgehead atoms. The van der Waals surface area contributed by atoms with Gasteiger partial charge in [-0.05, 0) is 129 Å². The Bertz CT molecular complexity index is 4810. The van der Waals surface area contributed by atoms with E-state index in [1.807, 2.05) is 18.2 Å². The molecule has 0 aliphatic heterocycles. The normalized spacial score (nSPS) is 13.2. The van der Waals surface area contributed by atoms with E-state index >= 15 is 0 Å². The van der Waals surface area contributed by atoms with Gasteiger partial charge in [0.2, 0.25) is 0 Å². The molecule has 11 aromatic carbocycles. The summed E-state index contributed by atoms with van der Waals surface area (Å²) in [6.07, 6.45) is 0. The molecule has 4 nitrogen and oxygen atoms in total. The second-order valence-electron chi connectivity index (χ2n) is 20.4. The molecule has 0 radical (unpaired) electrons. The van der Waals surface area contributed by atoms with Crippen molar-refractivity contribution in [1.29, 1.82) is 0 Å². The van der Waals surface area contributed by atoms with Crippen LogP contribution >= 0.6 is 0 Å². The Morgan fingerprint density at radius 2 is 0.740 bits per heavy atom. The van der Waals surface area contributed by atoms with Gasteiger partial charge < -0.3 is 18.0 Å². The smallest absolute Gasteiger partial charge is 0.143 e. The monoisotopic (exact) mass is 932 g/mol. The van der Waals surface area contributed by atoms with Gasteiger partial charge in [0.1, 0.15) is 22.3 Å². The Morgan fingerprint density at radius 1 is 0.288 bits per heavy atom. The molecule has 0 saturated heterocycles. The molecule has 0 unspecified atom stereocenters. The first-order valence-corrected chi connectivity index (χ1v) is 25.2. The van der Waals surface area contributed by atoms with Crippen LogP contribution in [0.2, 0.25) is 0 Å². The van der Waals surface area contributed by atoms with Gasteiger partial charge in [0, 0.05) is 71.0 Å². The van der Waals surface area contributed by atoms with Crippen LogP contribution in [0, 0.1) is 0 Å². The highest BCUT2D eigenvalue weighted by atomic mass is 16.3. The van der Waals surface area contributed by atoms with Crippen LogP contribution in [0.5, 0.6) is 0 Å². The summed E-state index contributed by atoms with van der Waals surface area (Å²) in [6.45, 7) is 4.73. The van der Waals surface area contributed by atoms with E-state index in [4.69, 9.17) is 8.83 Å². The van der Waals surface area contributed by atoms with Gasteiger partial charge in [-0.1, -0.05) is 159 Å². The summed E-state index contributed by atoms with van der Waals surface area (Å²) in [4.78, 5) is 0. The quantitative estimate of drug-likeness (QED) is 0.172. The van der Waals surface area contributed by atoms with Crippen LogP contribution in [0.15, 0.2) is 239 Å². The van der Waals surface area contributed by atoms with E-state index in [0.717, 1.165) is 88.5 Å². The molecule has 1 aliphatic rings. The van der Waals surface area contributed by atoms with Crippen molar-refractivity contribution in [3.05, 3.63) is 242 Å². The minimum absolute atomic E-state index is 0.109. The SMILES string of the molecule is CC1(C)c2ccccc2-c2cc3c4cc(-c5ccc6c(c5)c5cc(-c7cccc8c7oc7ccccc78)ccc5n6-c5ccc(-c6cccc7c6oc6ccccc67)cc5)ccc4n(-c4ccccc4)c3cc21. The third-order valence-electron chi connectivity index (χ3n) is 16.1. The maximum atomic E-state index is 6.61. The van der Waals surface area contributed by atoms with Gasteiger partial charge in [0.05, 0.1) is 22.1 Å². The zero-order valence-corrected chi connectivity index (χ0v) is 40.2. The number of para-hydroxylation sites is 5. The number of nitrogens with zero attached hydrogens (tertiary/aromatic N) is 2. The Labute approximate surface area is 420 Å². The Balaban J connectivity index is 0.896. The number of hydrogen-bond donors (Lipinski definition) is 0. The van der Waals surface area contributed by atoms with Crippen molar-refractivity contribution >= 4 is 87.5 Å². The Morgan fingerprint density at radius 3 is 1.37 bits per heavy atom. The summed E-state index contributed by atoms with van der Waals surface area (Å²) >= 11 is 0. The maximum absolute atomic E-state index is 6.61. The zero-order valence-electron chi connectivity index (χ0n) is 40.2. The first-order chi connectivity index (χ1) is 35.9. The van der Waals surface area contributed by atoms with Crippen molar-refractivity contribution in [3.8, 4) is 55.9 Å². The van der Waals surface area contributed by atoms with Gasteiger partial charge in [-0.25, -0.2) is 0 Å². The van der Waals surface area contributed by atoms with Gasteiger partial charge in [-0.3, -0.25) is 0 Å². The van der Waals surface area contributed by atoms with E-state index in [0.29, 0.717) is 0 Å². The van der Waals surface area contributed by atoms with Crippen LogP contribution in [0.25, 0.3) is 143 Å². The molecule has 342 valence electrons. The second kappa shape index (κ2) is 14.8. The molecule has 0 N–H and O–H groups in total. The number of hydrogen-bond acceptors (Lipinski definition) is 2. The standard InChI is InChI=1S/C69H44N2O2/c1-69(2)59-23-9-6-16-49(59)54-39-58-56-37-43(29-34-63(56)71(64(58)40-60(54)69)45-14-4-3-5-15-45)42-28-33-61-55(36-42)57-38-44(48-20-13-22-53-51-18-8-11-25-66(51)73-68(48)53)30-35-62(57)70(61)46-31-26-41(27-32-46)47-19-12-21-52-50-17-7-10-24-65(50)72-67(47)52/h3-40H,1-2H3. The first-order valence-electron chi connectivity index (χ1n) is 25.2. The summed E-state index contributed by atoms with van der Waals surface area (Å²) in [7, 11) is 0. The Hall–Kier alpha value is -9.38. The molecule has 73 heavy (non-hydrogen) atoms. The van der Waals surface area contributed by atoms with Crippen LogP contribution < -0.4 is 0 Å². The van der Waals surface area contributed by atoms with Crippen LogP contribution in [0.3, 0.4) is 0 Å². The molecule has 0 amide bonds. The molecule has 0 saturated carbocycles. The maximum Gasteiger partial charge on any atom is 0.143 e. The number of aromatic nitrogens is 2. The van der Waals surface area contributed by atoms with E-state index in [2.05, 4.69) is 235 Å². The highest BCUT2D eigenvalue weighted by Crippen LogP contribution is 2.51.